The molecular formula is C23H26N4O5S. The van der Waals surface area contributed by atoms with E-state index in [0.29, 0.717) is 18.2 Å². The highest BCUT2D eigenvalue weighted by molar-refractivity contribution is 7.22. The van der Waals surface area contributed by atoms with Crippen molar-refractivity contribution < 1.29 is 23.8 Å². The Hall–Kier alpha value is -2.53. The Morgan fingerprint density at radius 3 is 3.03 bits per heavy atom. The standard InChI is InChI=1S/C23H26N4O5S/c1-30-14-2-3-17-15(12-14)25-22(33-17)27-13-23-5-4-16(32-23)18(19(23)21(27)29)20(28)24-6-7-26-8-10-31-11-9-26/h2-5,12,16,18-19H,6-11,13H2,1H3,(H,24,28)/t16-,18+,19+,23-/m1/s1. The van der Waals surface area contributed by atoms with E-state index in [2.05, 4.69) is 15.2 Å². The second kappa shape index (κ2) is 8.05. The van der Waals surface area contributed by atoms with Gasteiger partial charge in [-0.05, 0) is 12.1 Å². The fraction of sp³-hybridized carbons (Fsp3) is 0.522. The number of aromatic nitrogens is 1. The fourth-order valence-corrected chi connectivity index (χ4v) is 6.33. The lowest BCUT2D eigenvalue weighted by atomic mass is 9.77. The summed E-state index contributed by atoms with van der Waals surface area (Å²) in [5.41, 5.74) is 0.0265. The molecule has 0 unspecified atom stereocenters. The third-order valence-corrected chi connectivity index (χ3v) is 8.11. The van der Waals surface area contributed by atoms with E-state index >= 15 is 0 Å². The van der Waals surface area contributed by atoms with Crippen LogP contribution in [0, 0.1) is 11.8 Å². The number of morpholine rings is 1. The van der Waals surface area contributed by atoms with Crippen LogP contribution in [0.15, 0.2) is 30.4 Å². The van der Waals surface area contributed by atoms with Gasteiger partial charge in [-0.15, -0.1) is 0 Å². The zero-order chi connectivity index (χ0) is 22.6. The first-order valence-corrected chi connectivity index (χ1v) is 12.1. The largest absolute Gasteiger partial charge is 0.497 e. The van der Waals surface area contributed by atoms with E-state index in [1.54, 1.807) is 12.0 Å². The fourth-order valence-electron chi connectivity index (χ4n) is 5.38. The zero-order valence-corrected chi connectivity index (χ0v) is 19.2. The van der Waals surface area contributed by atoms with Crippen molar-refractivity contribution in [2.75, 3.05) is 57.9 Å². The number of anilines is 1. The van der Waals surface area contributed by atoms with E-state index < -0.39 is 17.4 Å². The second-order valence-corrected chi connectivity index (χ2v) is 9.91. The molecule has 10 heteroatoms. The predicted octanol–water partition coefficient (Wildman–Crippen LogP) is 1.04. The van der Waals surface area contributed by atoms with Crippen LogP contribution in [-0.2, 0) is 19.1 Å². The molecule has 0 aliphatic carbocycles. The SMILES string of the molecule is COc1ccc2sc(N3C[C@@]45C=C[C@@H](O4)[C@H](C(=O)NCCN4CCOCC4)[C@H]5C3=O)nc2c1. The maximum atomic E-state index is 13.6. The van der Waals surface area contributed by atoms with Crippen molar-refractivity contribution in [3.8, 4) is 5.75 Å². The summed E-state index contributed by atoms with van der Waals surface area (Å²) in [6.07, 6.45) is 3.54. The van der Waals surface area contributed by atoms with Crippen molar-refractivity contribution >= 4 is 38.5 Å². The first kappa shape index (κ1) is 21.0. The van der Waals surface area contributed by atoms with Gasteiger partial charge in [-0.1, -0.05) is 23.5 Å². The molecule has 4 aliphatic heterocycles. The molecule has 33 heavy (non-hydrogen) atoms. The minimum absolute atomic E-state index is 0.0961. The summed E-state index contributed by atoms with van der Waals surface area (Å²) >= 11 is 1.46. The molecule has 2 bridgehead atoms. The Balaban J connectivity index is 1.19. The monoisotopic (exact) mass is 470 g/mol. The van der Waals surface area contributed by atoms with E-state index in [0.717, 1.165) is 48.8 Å². The van der Waals surface area contributed by atoms with E-state index in [4.69, 9.17) is 14.2 Å². The number of methoxy groups -OCH3 is 1. The summed E-state index contributed by atoms with van der Waals surface area (Å²) in [7, 11) is 1.62. The first-order valence-electron chi connectivity index (χ1n) is 11.3. The molecule has 6 rings (SSSR count). The summed E-state index contributed by atoms with van der Waals surface area (Å²) in [6, 6.07) is 5.69. The van der Waals surface area contributed by atoms with Gasteiger partial charge >= 0.3 is 0 Å². The molecule has 174 valence electrons. The average Bonchev–Trinajstić information content (AvgIpc) is 3.58. The quantitative estimate of drug-likeness (QED) is 0.631. The Kier molecular flexibility index (Phi) is 5.13. The minimum Gasteiger partial charge on any atom is -0.497 e. The van der Waals surface area contributed by atoms with Crippen LogP contribution in [-0.4, -0.2) is 86.5 Å². The number of nitrogens with one attached hydrogen (secondary N) is 1. The summed E-state index contributed by atoms with van der Waals surface area (Å²) in [5.74, 6) is -0.541. The molecule has 1 aromatic carbocycles. The predicted molar refractivity (Wildman–Crippen MR) is 123 cm³/mol. The third kappa shape index (κ3) is 3.43. The molecule has 3 fully saturated rings. The van der Waals surface area contributed by atoms with Gasteiger partial charge in [0.05, 0.1) is 55.0 Å². The molecule has 9 nitrogen and oxygen atoms in total. The molecule has 1 spiro atoms. The number of hydrogen-bond acceptors (Lipinski definition) is 8. The molecular weight excluding hydrogens is 444 g/mol. The number of rotatable bonds is 6. The second-order valence-electron chi connectivity index (χ2n) is 8.90. The van der Waals surface area contributed by atoms with Crippen LogP contribution in [0.2, 0.25) is 0 Å². The minimum atomic E-state index is -0.760. The van der Waals surface area contributed by atoms with Gasteiger partial charge in [0.15, 0.2) is 5.13 Å². The number of hydrogen-bond donors (Lipinski definition) is 1. The molecule has 4 atom stereocenters. The van der Waals surface area contributed by atoms with Gasteiger partial charge in [0.1, 0.15) is 11.4 Å². The van der Waals surface area contributed by atoms with Crippen LogP contribution in [0.5, 0.6) is 5.75 Å². The average molecular weight is 471 g/mol. The summed E-state index contributed by atoms with van der Waals surface area (Å²) in [5, 5.41) is 3.67. The summed E-state index contributed by atoms with van der Waals surface area (Å²) in [6.45, 7) is 4.90. The van der Waals surface area contributed by atoms with Gasteiger partial charge in [-0.3, -0.25) is 19.4 Å². The summed E-state index contributed by atoms with van der Waals surface area (Å²) in [4.78, 5) is 35.3. The van der Waals surface area contributed by atoms with Crippen molar-refractivity contribution in [3.63, 3.8) is 0 Å². The molecule has 0 saturated carbocycles. The van der Waals surface area contributed by atoms with E-state index in [1.807, 2.05) is 30.4 Å². The molecule has 1 aromatic heterocycles. The van der Waals surface area contributed by atoms with Gasteiger partial charge in [0.25, 0.3) is 0 Å². The van der Waals surface area contributed by atoms with E-state index in [9.17, 15) is 9.59 Å². The lowest BCUT2D eigenvalue weighted by Crippen LogP contribution is -2.46. The maximum Gasteiger partial charge on any atom is 0.236 e. The van der Waals surface area contributed by atoms with Crippen LogP contribution in [0.1, 0.15) is 0 Å². The van der Waals surface area contributed by atoms with Gasteiger partial charge < -0.3 is 19.5 Å². The smallest absolute Gasteiger partial charge is 0.236 e. The van der Waals surface area contributed by atoms with E-state index in [1.165, 1.54) is 11.3 Å². The Morgan fingerprint density at radius 2 is 2.21 bits per heavy atom. The van der Waals surface area contributed by atoms with Gasteiger partial charge in [-0.2, -0.15) is 0 Å². The number of benzene rings is 1. The number of amides is 2. The number of carbonyl (C=O) groups is 2. The van der Waals surface area contributed by atoms with Crippen LogP contribution >= 0.6 is 11.3 Å². The molecule has 1 N–H and O–H groups in total. The highest BCUT2D eigenvalue weighted by Gasteiger charge is 2.67. The van der Waals surface area contributed by atoms with Gasteiger partial charge in [0.2, 0.25) is 11.8 Å². The molecule has 2 aromatic rings. The zero-order valence-electron chi connectivity index (χ0n) is 18.4. The van der Waals surface area contributed by atoms with Crippen LogP contribution in [0.4, 0.5) is 5.13 Å². The lowest BCUT2D eigenvalue weighted by Gasteiger charge is -2.27. The molecule has 5 heterocycles. The van der Waals surface area contributed by atoms with Crippen LogP contribution in [0.3, 0.4) is 0 Å². The highest BCUT2D eigenvalue weighted by Crippen LogP contribution is 2.53. The number of carbonyl (C=O) groups excluding carboxylic acids is 2. The maximum absolute atomic E-state index is 13.6. The van der Waals surface area contributed by atoms with Crippen LogP contribution in [0.25, 0.3) is 10.2 Å². The van der Waals surface area contributed by atoms with Gasteiger partial charge in [-0.25, -0.2) is 4.98 Å². The van der Waals surface area contributed by atoms with Crippen molar-refractivity contribution in [2.45, 2.75) is 11.7 Å². The number of fused-ring (bicyclic) bond motifs is 2. The van der Waals surface area contributed by atoms with Crippen molar-refractivity contribution in [3.05, 3.63) is 30.4 Å². The van der Waals surface area contributed by atoms with Crippen molar-refractivity contribution in [1.29, 1.82) is 0 Å². The normalized spacial score (nSPS) is 30.9. The van der Waals surface area contributed by atoms with E-state index in [-0.39, 0.29) is 17.9 Å². The van der Waals surface area contributed by atoms with Crippen molar-refractivity contribution in [2.24, 2.45) is 11.8 Å². The molecule has 2 amide bonds. The molecule has 4 aliphatic rings. The number of thiazole rings is 1. The Labute approximate surface area is 195 Å². The first-order chi connectivity index (χ1) is 16.1. The number of nitrogens with zero attached hydrogens (tertiary/aromatic N) is 3. The lowest BCUT2D eigenvalue weighted by molar-refractivity contribution is -0.132. The molecule has 0 radical (unpaired) electrons. The highest BCUT2D eigenvalue weighted by atomic mass is 32.1. The van der Waals surface area contributed by atoms with Gasteiger partial charge in [0, 0.05) is 32.2 Å². The Bertz CT molecular complexity index is 1130. The molecule has 3 saturated heterocycles. The number of ether oxygens (including phenoxy) is 3. The van der Waals surface area contributed by atoms with Crippen LogP contribution < -0.4 is 15.0 Å². The third-order valence-electron chi connectivity index (χ3n) is 7.05. The summed E-state index contributed by atoms with van der Waals surface area (Å²) < 4.78 is 17.9. The topological polar surface area (TPSA) is 93.2 Å². The Morgan fingerprint density at radius 1 is 1.36 bits per heavy atom. The van der Waals surface area contributed by atoms with Crippen molar-refractivity contribution in [1.82, 2.24) is 15.2 Å².